The van der Waals surface area contributed by atoms with Gasteiger partial charge in [0.1, 0.15) is 0 Å². The van der Waals surface area contributed by atoms with Gasteiger partial charge in [0.2, 0.25) is 0 Å². The van der Waals surface area contributed by atoms with E-state index in [-0.39, 0.29) is 5.54 Å². The van der Waals surface area contributed by atoms with Crippen molar-refractivity contribution >= 4 is 11.8 Å². The summed E-state index contributed by atoms with van der Waals surface area (Å²) in [5.41, 5.74) is 2.88. The number of nitrogens with one attached hydrogen (secondary N) is 1. The molecule has 0 aliphatic rings. The highest BCUT2D eigenvalue weighted by Crippen LogP contribution is 2.23. The molecule has 0 aromatic heterocycles. The first-order chi connectivity index (χ1) is 9.53. The quantitative estimate of drug-likeness (QED) is 0.787. The maximum Gasteiger partial charge on any atom is 0.0231 e. The molecule has 2 rings (SSSR count). The maximum atomic E-state index is 3.51. The van der Waals surface area contributed by atoms with Crippen LogP contribution in [-0.4, -0.2) is 5.54 Å². The van der Waals surface area contributed by atoms with Crippen molar-refractivity contribution in [3.63, 3.8) is 0 Å². The Kier molecular flexibility index (Phi) is 5.27. The maximum absolute atomic E-state index is 3.51. The average molecular weight is 285 g/mol. The van der Waals surface area contributed by atoms with E-state index in [9.17, 15) is 0 Å². The van der Waals surface area contributed by atoms with Crippen LogP contribution in [0.15, 0.2) is 59.5 Å². The van der Waals surface area contributed by atoms with Crippen molar-refractivity contribution in [2.24, 2.45) is 0 Å². The summed E-state index contributed by atoms with van der Waals surface area (Å²) in [6.45, 7) is 7.50. The molecule has 0 aliphatic carbocycles. The predicted molar refractivity (Wildman–Crippen MR) is 89.0 cm³/mol. The predicted octanol–water partition coefficient (Wildman–Crippen LogP) is 4.87. The molecule has 0 saturated heterocycles. The first kappa shape index (κ1) is 15.1. The Morgan fingerprint density at radius 2 is 1.50 bits per heavy atom. The molecule has 1 nitrogen and oxygen atoms in total. The van der Waals surface area contributed by atoms with Gasteiger partial charge in [0, 0.05) is 22.7 Å². The minimum Gasteiger partial charge on any atom is -0.308 e. The summed E-state index contributed by atoms with van der Waals surface area (Å²) in [5, 5.41) is 3.51. The molecule has 0 amide bonds. The lowest BCUT2D eigenvalue weighted by Gasteiger charge is -2.20. The third kappa shape index (κ3) is 5.40. The minimum absolute atomic E-state index is 0.167. The highest BCUT2D eigenvalue weighted by Gasteiger charge is 2.08. The second-order valence-corrected chi connectivity index (χ2v) is 7.07. The highest BCUT2D eigenvalue weighted by molar-refractivity contribution is 7.98. The molecule has 0 fully saturated rings. The van der Waals surface area contributed by atoms with Crippen molar-refractivity contribution in [2.75, 3.05) is 0 Å². The van der Waals surface area contributed by atoms with Crippen molar-refractivity contribution in [3.8, 4) is 0 Å². The second-order valence-electron chi connectivity index (χ2n) is 6.02. The summed E-state index contributed by atoms with van der Waals surface area (Å²) in [7, 11) is 0. The third-order valence-electron chi connectivity index (χ3n) is 2.99. The van der Waals surface area contributed by atoms with E-state index in [1.807, 2.05) is 11.8 Å². The van der Waals surface area contributed by atoms with Gasteiger partial charge in [-0.25, -0.2) is 0 Å². The molecule has 20 heavy (non-hydrogen) atoms. The molecule has 106 valence electrons. The summed E-state index contributed by atoms with van der Waals surface area (Å²) in [6.07, 6.45) is 0. The van der Waals surface area contributed by atoms with Crippen LogP contribution < -0.4 is 5.32 Å². The zero-order valence-corrected chi connectivity index (χ0v) is 13.3. The van der Waals surface area contributed by atoms with Crippen LogP contribution in [0.2, 0.25) is 0 Å². The molecule has 0 heterocycles. The van der Waals surface area contributed by atoms with Gasteiger partial charge in [-0.15, -0.1) is 11.8 Å². The van der Waals surface area contributed by atoms with E-state index < -0.39 is 0 Å². The van der Waals surface area contributed by atoms with Crippen molar-refractivity contribution < 1.29 is 0 Å². The van der Waals surface area contributed by atoms with Crippen molar-refractivity contribution in [3.05, 3.63) is 65.7 Å². The monoisotopic (exact) mass is 285 g/mol. The zero-order valence-electron chi connectivity index (χ0n) is 12.5. The molecule has 0 unspecified atom stereocenters. The van der Waals surface area contributed by atoms with Gasteiger partial charge in [-0.3, -0.25) is 0 Å². The fourth-order valence-electron chi connectivity index (χ4n) is 1.81. The van der Waals surface area contributed by atoms with E-state index in [1.165, 1.54) is 16.0 Å². The highest BCUT2D eigenvalue weighted by atomic mass is 32.2. The summed E-state index contributed by atoms with van der Waals surface area (Å²) < 4.78 is 0. The lowest BCUT2D eigenvalue weighted by Crippen LogP contribution is -2.35. The summed E-state index contributed by atoms with van der Waals surface area (Å²) in [5.74, 6) is 1.03. The van der Waals surface area contributed by atoms with Crippen LogP contribution >= 0.6 is 11.8 Å². The fraction of sp³-hybridized carbons (Fsp3) is 0.333. The molecule has 0 spiro atoms. The SMILES string of the molecule is CC(C)(C)NCc1ccc(SCc2ccccc2)cc1. The van der Waals surface area contributed by atoms with E-state index in [4.69, 9.17) is 0 Å². The Balaban J connectivity index is 1.85. The van der Waals surface area contributed by atoms with Crippen LogP contribution in [0.3, 0.4) is 0 Å². The Morgan fingerprint density at radius 3 is 2.10 bits per heavy atom. The van der Waals surface area contributed by atoms with E-state index in [1.54, 1.807) is 0 Å². The van der Waals surface area contributed by atoms with E-state index in [0.29, 0.717) is 0 Å². The molecule has 0 aliphatic heterocycles. The number of hydrogen-bond acceptors (Lipinski definition) is 2. The second kappa shape index (κ2) is 6.96. The molecule has 2 aromatic carbocycles. The number of benzene rings is 2. The van der Waals surface area contributed by atoms with Crippen LogP contribution in [0.25, 0.3) is 0 Å². The first-order valence-corrected chi connectivity index (χ1v) is 8.02. The fourth-order valence-corrected chi connectivity index (χ4v) is 2.67. The number of thioether (sulfide) groups is 1. The van der Waals surface area contributed by atoms with Gasteiger partial charge in [0.05, 0.1) is 0 Å². The van der Waals surface area contributed by atoms with Gasteiger partial charge < -0.3 is 5.32 Å². The molecule has 0 saturated carbocycles. The standard InChI is InChI=1S/C18H23NS/c1-18(2,3)19-13-15-9-11-17(12-10-15)20-14-16-7-5-4-6-8-16/h4-12,19H,13-14H2,1-3H3. The Bertz CT molecular complexity index is 511. The number of rotatable bonds is 5. The van der Waals surface area contributed by atoms with Crippen molar-refractivity contribution in [2.45, 2.75) is 43.5 Å². The van der Waals surface area contributed by atoms with Crippen LogP contribution in [0.1, 0.15) is 31.9 Å². The van der Waals surface area contributed by atoms with Crippen LogP contribution in [0, 0.1) is 0 Å². The summed E-state index contributed by atoms with van der Waals surface area (Å²) in [6, 6.07) is 19.5. The van der Waals surface area contributed by atoms with Gasteiger partial charge >= 0.3 is 0 Å². The van der Waals surface area contributed by atoms with Gasteiger partial charge in [-0.2, -0.15) is 0 Å². The van der Waals surface area contributed by atoms with Crippen LogP contribution in [0.5, 0.6) is 0 Å². The molecule has 0 radical (unpaired) electrons. The number of hydrogen-bond donors (Lipinski definition) is 1. The lowest BCUT2D eigenvalue weighted by molar-refractivity contribution is 0.424. The molecule has 0 bridgehead atoms. The van der Waals surface area contributed by atoms with Gasteiger partial charge in [-0.1, -0.05) is 42.5 Å². The Labute approximate surface area is 126 Å². The Hall–Kier alpha value is -1.25. The molecule has 2 heteroatoms. The van der Waals surface area contributed by atoms with Crippen molar-refractivity contribution in [1.29, 1.82) is 0 Å². The zero-order chi connectivity index (χ0) is 14.4. The normalized spacial score (nSPS) is 11.6. The average Bonchev–Trinajstić information content (AvgIpc) is 2.44. The third-order valence-corrected chi connectivity index (χ3v) is 4.08. The molecule has 1 N–H and O–H groups in total. The molecular weight excluding hydrogens is 262 g/mol. The van der Waals surface area contributed by atoms with Crippen LogP contribution in [0.4, 0.5) is 0 Å². The van der Waals surface area contributed by atoms with Gasteiger partial charge in [0.25, 0.3) is 0 Å². The smallest absolute Gasteiger partial charge is 0.0231 e. The van der Waals surface area contributed by atoms with Crippen LogP contribution in [-0.2, 0) is 12.3 Å². The van der Waals surface area contributed by atoms with E-state index >= 15 is 0 Å². The Morgan fingerprint density at radius 1 is 0.850 bits per heavy atom. The summed E-state index contributed by atoms with van der Waals surface area (Å²) in [4.78, 5) is 1.33. The summed E-state index contributed by atoms with van der Waals surface area (Å²) >= 11 is 1.89. The minimum atomic E-state index is 0.167. The van der Waals surface area contributed by atoms with Crippen molar-refractivity contribution in [1.82, 2.24) is 5.32 Å². The first-order valence-electron chi connectivity index (χ1n) is 7.04. The van der Waals surface area contributed by atoms with Gasteiger partial charge in [-0.05, 0) is 44.0 Å². The van der Waals surface area contributed by atoms with E-state index in [0.717, 1.165) is 12.3 Å². The molecule has 2 aromatic rings. The molecular formula is C18H23NS. The topological polar surface area (TPSA) is 12.0 Å². The molecule has 0 atom stereocenters. The van der Waals surface area contributed by atoms with E-state index in [2.05, 4.69) is 80.7 Å². The largest absolute Gasteiger partial charge is 0.308 e. The van der Waals surface area contributed by atoms with Gasteiger partial charge in [0.15, 0.2) is 0 Å². The lowest BCUT2D eigenvalue weighted by atomic mass is 10.1.